The molecule has 0 aliphatic heterocycles. The monoisotopic (exact) mass is 218 g/mol. The third-order valence-electron chi connectivity index (χ3n) is 1.14. The molecule has 64 valence electrons. The first kappa shape index (κ1) is 10.7. The summed E-state index contributed by atoms with van der Waals surface area (Å²) in [5.74, 6) is 0. The van der Waals surface area contributed by atoms with Crippen LogP contribution in [0.25, 0.3) is 0 Å². The lowest BCUT2D eigenvalue weighted by molar-refractivity contribution is 0.781. The number of H-pyrrole nitrogens is 1. The molecule has 0 bridgehead atoms. The van der Waals surface area contributed by atoms with Gasteiger partial charge in [0.05, 0.1) is 6.33 Å². The van der Waals surface area contributed by atoms with Crippen molar-refractivity contribution < 1.29 is 0 Å². The molecule has 0 aliphatic carbocycles. The zero-order valence-electron chi connectivity index (χ0n) is 6.89. The normalized spacial score (nSPS) is 8.55. The van der Waals surface area contributed by atoms with Gasteiger partial charge in [-0.1, -0.05) is 35.7 Å². The van der Waals surface area contributed by atoms with Gasteiger partial charge in [-0.15, -0.1) is 0 Å². The van der Waals surface area contributed by atoms with Crippen LogP contribution in [0.4, 0.5) is 0 Å². The molecule has 0 fully saturated rings. The van der Waals surface area contributed by atoms with Crippen molar-refractivity contribution in [2.45, 2.75) is 26.2 Å². The van der Waals surface area contributed by atoms with E-state index in [1.165, 1.54) is 24.6 Å². The molecule has 0 aromatic carbocycles. The summed E-state index contributed by atoms with van der Waals surface area (Å²) < 4.78 is 0. The van der Waals surface area contributed by atoms with Crippen LogP contribution in [0.5, 0.6) is 0 Å². The molecule has 0 aliphatic rings. The lowest BCUT2D eigenvalue weighted by atomic mass is 10.3. The topological polar surface area (TPSA) is 28.7 Å². The van der Waals surface area contributed by atoms with E-state index in [9.17, 15) is 0 Å². The van der Waals surface area contributed by atoms with Crippen LogP contribution in [-0.2, 0) is 0 Å². The van der Waals surface area contributed by atoms with Gasteiger partial charge in [0.1, 0.15) is 0 Å². The van der Waals surface area contributed by atoms with Crippen molar-refractivity contribution in [2.24, 2.45) is 0 Å². The first-order valence-electron chi connectivity index (χ1n) is 3.90. The van der Waals surface area contributed by atoms with Crippen LogP contribution >= 0.6 is 15.9 Å². The SMILES string of the molecule is CCCCCBr.c1c[nH]cn1. The molecule has 0 saturated heterocycles. The number of nitrogens with one attached hydrogen (secondary N) is 1. The molecule has 11 heavy (non-hydrogen) atoms. The smallest absolute Gasteiger partial charge is 0.0919 e. The quantitative estimate of drug-likeness (QED) is 0.614. The summed E-state index contributed by atoms with van der Waals surface area (Å²) in [6.07, 6.45) is 9.10. The minimum atomic E-state index is 1.17. The van der Waals surface area contributed by atoms with Gasteiger partial charge in [0.15, 0.2) is 0 Å². The van der Waals surface area contributed by atoms with E-state index in [0.717, 1.165) is 0 Å². The first-order chi connectivity index (χ1) is 5.41. The molecule has 3 heteroatoms. The highest BCUT2D eigenvalue weighted by Gasteiger charge is 1.76. The van der Waals surface area contributed by atoms with Crippen LogP contribution in [0.1, 0.15) is 26.2 Å². The van der Waals surface area contributed by atoms with E-state index in [4.69, 9.17) is 0 Å². The highest BCUT2D eigenvalue weighted by atomic mass is 79.9. The van der Waals surface area contributed by atoms with Crippen molar-refractivity contribution in [1.82, 2.24) is 9.97 Å². The maximum atomic E-state index is 3.67. The number of hydrogen-bond donors (Lipinski definition) is 1. The van der Waals surface area contributed by atoms with Gasteiger partial charge in [-0.3, -0.25) is 0 Å². The molecule has 1 heterocycles. The molecular weight excluding hydrogens is 204 g/mol. The Balaban J connectivity index is 0.000000183. The minimum absolute atomic E-state index is 1.17. The van der Waals surface area contributed by atoms with Crippen molar-refractivity contribution in [3.63, 3.8) is 0 Å². The van der Waals surface area contributed by atoms with Crippen LogP contribution in [0.3, 0.4) is 0 Å². The van der Waals surface area contributed by atoms with Crippen molar-refractivity contribution in [2.75, 3.05) is 5.33 Å². The third-order valence-corrected chi connectivity index (χ3v) is 1.70. The molecule has 2 nitrogen and oxygen atoms in total. The highest BCUT2D eigenvalue weighted by molar-refractivity contribution is 9.09. The standard InChI is InChI=1S/C5H11Br.C3H4N2/c1-2-3-4-5-6;1-2-5-3-4-1/h2-5H2,1H3;1-3H,(H,4,5). The average molecular weight is 219 g/mol. The van der Waals surface area contributed by atoms with Crippen molar-refractivity contribution in [3.05, 3.63) is 18.7 Å². The number of nitrogens with zero attached hydrogens (tertiary/aromatic N) is 1. The lowest BCUT2D eigenvalue weighted by Crippen LogP contribution is -1.70. The van der Waals surface area contributed by atoms with E-state index in [1.54, 1.807) is 18.7 Å². The second-order valence-electron chi connectivity index (χ2n) is 2.16. The number of unbranched alkanes of at least 4 members (excludes halogenated alkanes) is 2. The molecule has 1 aromatic rings. The van der Waals surface area contributed by atoms with Crippen molar-refractivity contribution in [3.8, 4) is 0 Å². The summed E-state index contributed by atoms with van der Waals surface area (Å²) in [5.41, 5.74) is 0. The molecule has 0 saturated carbocycles. The molecule has 0 atom stereocenters. The second kappa shape index (κ2) is 9.69. The van der Waals surface area contributed by atoms with E-state index in [2.05, 4.69) is 32.8 Å². The number of imidazole rings is 1. The molecule has 1 N–H and O–H groups in total. The maximum Gasteiger partial charge on any atom is 0.0919 e. The summed E-state index contributed by atoms with van der Waals surface area (Å²) in [4.78, 5) is 6.42. The molecule has 0 amide bonds. The fourth-order valence-corrected chi connectivity index (χ4v) is 0.956. The van der Waals surface area contributed by atoms with E-state index in [0.29, 0.717) is 0 Å². The summed E-state index contributed by atoms with van der Waals surface area (Å²) >= 11 is 3.35. The summed E-state index contributed by atoms with van der Waals surface area (Å²) in [6, 6.07) is 0. The Morgan fingerprint density at radius 1 is 1.45 bits per heavy atom. The number of alkyl halides is 1. The summed E-state index contributed by atoms with van der Waals surface area (Å²) in [5, 5.41) is 1.17. The van der Waals surface area contributed by atoms with Gasteiger partial charge in [0, 0.05) is 17.7 Å². The van der Waals surface area contributed by atoms with Crippen LogP contribution in [-0.4, -0.2) is 15.3 Å². The fraction of sp³-hybridized carbons (Fsp3) is 0.625. The van der Waals surface area contributed by atoms with Gasteiger partial charge < -0.3 is 4.98 Å². The molecule has 1 rings (SSSR count). The fourth-order valence-electron chi connectivity index (χ4n) is 0.560. The van der Waals surface area contributed by atoms with E-state index in [1.807, 2.05) is 0 Å². The van der Waals surface area contributed by atoms with E-state index >= 15 is 0 Å². The van der Waals surface area contributed by atoms with Gasteiger partial charge in [-0.2, -0.15) is 0 Å². The van der Waals surface area contributed by atoms with Gasteiger partial charge >= 0.3 is 0 Å². The first-order valence-corrected chi connectivity index (χ1v) is 5.02. The zero-order chi connectivity index (χ0) is 8.36. The highest BCUT2D eigenvalue weighted by Crippen LogP contribution is 1.95. The zero-order valence-corrected chi connectivity index (χ0v) is 8.47. The van der Waals surface area contributed by atoms with Crippen molar-refractivity contribution in [1.29, 1.82) is 0 Å². The number of rotatable bonds is 3. The van der Waals surface area contributed by atoms with Gasteiger partial charge in [-0.05, 0) is 6.42 Å². The second-order valence-corrected chi connectivity index (χ2v) is 2.95. The predicted molar refractivity (Wildman–Crippen MR) is 51.9 cm³/mol. The average Bonchev–Trinajstić information content (AvgIpc) is 2.57. The molecule has 1 aromatic heterocycles. The van der Waals surface area contributed by atoms with Crippen LogP contribution < -0.4 is 0 Å². The largest absolute Gasteiger partial charge is 0.351 e. The van der Waals surface area contributed by atoms with Gasteiger partial charge in [0.25, 0.3) is 0 Å². The van der Waals surface area contributed by atoms with E-state index in [-0.39, 0.29) is 0 Å². The summed E-state index contributed by atoms with van der Waals surface area (Å²) in [7, 11) is 0. The molecular formula is C8H15BrN2. The minimum Gasteiger partial charge on any atom is -0.351 e. The Hall–Kier alpha value is -0.310. The molecule has 0 radical (unpaired) electrons. The Morgan fingerprint density at radius 3 is 2.45 bits per heavy atom. The van der Waals surface area contributed by atoms with Crippen molar-refractivity contribution >= 4 is 15.9 Å². The number of aromatic amines is 1. The van der Waals surface area contributed by atoms with Crippen LogP contribution in [0.15, 0.2) is 18.7 Å². The Bertz CT molecular complexity index is 107. The van der Waals surface area contributed by atoms with Gasteiger partial charge in [-0.25, -0.2) is 4.98 Å². The maximum absolute atomic E-state index is 3.67. The van der Waals surface area contributed by atoms with E-state index < -0.39 is 0 Å². The van der Waals surface area contributed by atoms with Gasteiger partial charge in [0.2, 0.25) is 0 Å². The predicted octanol–water partition coefficient (Wildman–Crippen LogP) is 2.98. The Kier molecular flexibility index (Phi) is 9.42. The Morgan fingerprint density at radius 2 is 2.27 bits per heavy atom. The molecule has 0 unspecified atom stereocenters. The Labute approximate surface area is 76.6 Å². The number of halogens is 1. The van der Waals surface area contributed by atoms with Crippen LogP contribution in [0, 0.1) is 0 Å². The lowest BCUT2D eigenvalue weighted by Gasteiger charge is -1.85. The van der Waals surface area contributed by atoms with Crippen LogP contribution in [0.2, 0.25) is 0 Å². The molecule has 0 spiro atoms. The third kappa shape index (κ3) is 9.69. The summed E-state index contributed by atoms with van der Waals surface area (Å²) in [6.45, 7) is 2.21. The number of aromatic nitrogens is 2. The number of hydrogen-bond acceptors (Lipinski definition) is 1.